The summed E-state index contributed by atoms with van der Waals surface area (Å²) in [5, 5.41) is 11.6. The van der Waals surface area contributed by atoms with Gasteiger partial charge in [0, 0.05) is 12.7 Å². The van der Waals surface area contributed by atoms with Gasteiger partial charge in [0.1, 0.15) is 5.82 Å². The van der Waals surface area contributed by atoms with Crippen LogP contribution in [0.25, 0.3) is 0 Å². The fourth-order valence-electron chi connectivity index (χ4n) is 1.71. The van der Waals surface area contributed by atoms with E-state index in [1.807, 2.05) is 18.5 Å². The summed E-state index contributed by atoms with van der Waals surface area (Å²) in [7, 11) is 1.98. The quantitative estimate of drug-likeness (QED) is 0.880. The molecule has 0 spiro atoms. The van der Waals surface area contributed by atoms with Crippen LogP contribution in [0.2, 0.25) is 0 Å². The molecule has 0 atom stereocenters. The smallest absolute Gasteiger partial charge is 0.152 e. The van der Waals surface area contributed by atoms with Gasteiger partial charge in [-0.15, -0.1) is 10.2 Å². The van der Waals surface area contributed by atoms with Crippen LogP contribution in [0.4, 0.5) is 5.69 Å². The second-order valence-corrected chi connectivity index (χ2v) is 4.39. The van der Waals surface area contributed by atoms with E-state index in [1.54, 1.807) is 0 Å². The third-order valence-electron chi connectivity index (χ3n) is 3.01. The van der Waals surface area contributed by atoms with Gasteiger partial charge in [0.2, 0.25) is 0 Å². The van der Waals surface area contributed by atoms with Crippen molar-refractivity contribution >= 4 is 5.69 Å². The van der Waals surface area contributed by atoms with E-state index < -0.39 is 0 Å². The van der Waals surface area contributed by atoms with Gasteiger partial charge in [-0.1, -0.05) is 12.1 Å². The standard InChI is InChI=1S/C13H18N4/c1-9-5-6-10(2)12(7-9)14-8-13-16-15-11(3)17(13)4/h5-7,14H,8H2,1-4H3. The number of anilines is 1. The predicted molar refractivity (Wildman–Crippen MR) is 69.0 cm³/mol. The molecule has 1 heterocycles. The summed E-state index contributed by atoms with van der Waals surface area (Å²) in [5.74, 6) is 1.88. The summed E-state index contributed by atoms with van der Waals surface area (Å²) in [6, 6.07) is 6.39. The maximum Gasteiger partial charge on any atom is 0.152 e. The molecule has 0 bridgehead atoms. The Bertz CT molecular complexity index is 528. The third-order valence-corrected chi connectivity index (χ3v) is 3.01. The zero-order valence-corrected chi connectivity index (χ0v) is 10.8. The van der Waals surface area contributed by atoms with Crippen LogP contribution in [0.15, 0.2) is 18.2 Å². The molecule has 0 aliphatic heterocycles. The topological polar surface area (TPSA) is 42.7 Å². The summed E-state index contributed by atoms with van der Waals surface area (Å²) in [6.45, 7) is 6.84. The number of nitrogens with zero attached hydrogens (tertiary/aromatic N) is 3. The van der Waals surface area contributed by atoms with Crippen LogP contribution in [0.1, 0.15) is 22.8 Å². The maximum atomic E-state index is 4.13. The van der Waals surface area contributed by atoms with Crippen molar-refractivity contribution in [2.75, 3.05) is 5.32 Å². The van der Waals surface area contributed by atoms with Gasteiger partial charge >= 0.3 is 0 Å². The van der Waals surface area contributed by atoms with Crippen LogP contribution < -0.4 is 5.32 Å². The predicted octanol–water partition coefficient (Wildman–Crippen LogP) is 2.35. The number of hydrogen-bond donors (Lipinski definition) is 1. The summed E-state index contributed by atoms with van der Waals surface area (Å²) < 4.78 is 2.00. The Morgan fingerprint density at radius 3 is 2.59 bits per heavy atom. The van der Waals surface area contributed by atoms with Crippen molar-refractivity contribution in [3.8, 4) is 0 Å². The van der Waals surface area contributed by atoms with Gasteiger partial charge in [-0.25, -0.2) is 0 Å². The first kappa shape index (κ1) is 11.6. The van der Waals surface area contributed by atoms with E-state index in [9.17, 15) is 0 Å². The molecule has 1 aromatic carbocycles. The van der Waals surface area contributed by atoms with Crippen LogP contribution in [0, 0.1) is 20.8 Å². The first-order valence-electron chi connectivity index (χ1n) is 5.74. The Labute approximate surface area is 102 Å². The van der Waals surface area contributed by atoms with Crippen LogP contribution in [-0.4, -0.2) is 14.8 Å². The van der Waals surface area contributed by atoms with E-state index in [4.69, 9.17) is 0 Å². The van der Waals surface area contributed by atoms with E-state index in [2.05, 4.69) is 47.6 Å². The molecule has 17 heavy (non-hydrogen) atoms. The van der Waals surface area contributed by atoms with Crippen LogP contribution >= 0.6 is 0 Å². The van der Waals surface area contributed by atoms with Gasteiger partial charge in [0.15, 0.2) is 5.82 Å². The highest BCUT2D eigenvalue weighted by molar-refractivity contribution is 5.52. The second-order valence-electron chi connectivity index (χ2n) is 4.39. The number of aromatic nitrogens is 3. The first-order valence-corrected chi connectivity index (χ1v) is 5.74. The average Bonchev–Trinajstić information content (AvgIpc) is 2.62. The van der Waals surface area contributed by atoms with Gasteiger partial charge < -0.3 is 9.88 Å². The Morgan fingerprint density at radius 2 is 1.94 bits per heavy atom. The van der Waals surface area contributed by atoms with Crippen molar-refractivity contribution in [3.63, 3.8) is 0 Å². The van der Waals surface area contributed by atoms with Crippen molar-refractivity contribution < 1.29 is 0 Å². The molecule has 0 saturated heterocycles. The highest BCUT2D eigenvalue weighted by Crippen LogP contribution is 2.17. The zero-order valence-electron chi connectivity index (χ0n) is 10.8. The SMILES string of the molecule is Cc1ccc(C)c(NCc2nnc(C)n2C)c1. The molecular formula is C13H18N4. The third kappa shape index (κ3) is 2.46. The molecule has 4 nitrogen and oxygen atoms in total. The lowest BCUT2D eigenvalue weighted by Crippen LogP contribution is -2.07. The molecule has 0 amide bonds. The lowest BCUT2D eigenvalue weighted by Gasteiger charge is -2.10. The van der Waals surface area contributed by atoms with Crippen molar-refractivity contribution in [1.29, 1.82) is 0 Å². The number of aryl methyl sites for hydroxylation is 3. The molecule has 2 rings (SSSR count). The number of rotatable bonds is 3. The van der Waals surface area contributed by atoms with Crippen LogP contribution in [0.3, 0.4) is 0 Å². The Hall–Kier alpha value is -1.84. The molecule has 0 unspecified atom stereocenters. The number of nitrogens with one attached hydrogen (secondary N) is 1. The van der Waals surface area contributed by atoms with Crippen molar-refractivity contribution in [1.82, 2.24) is 14.8 Å². The monoisotopic (exact) mass is 230 g/mol. The average molecular weight is 230 g/mol. The molecule has 0 fully saturated rings. The Morgan fingerprint density at radius 1 is 1.18 bits per heavy atom. The van der Waals surface area contributed by atoms with E-state index >= 15 is 0 Å². The molecular weight excluding hydrogens is 212 g/mol. The van der Waals surface area contributed by atoms with Gasteiger partial charge in [0.05, 0.1) is 6.54 Å². The highest BCUT2D eigenvalue weighted by Gasteiger charge is 2.05. The molecule has 1 aromatic heterocycles. The van der Waals surface area contributed by atoms with E-state index in [-0.39, 0.29) is 0 Å². The van der Waals surface area contributed by atoms with E-state index in [0.717, 1.165) is 17.3 Å². The van der Waals surface area contributed by atoms with Gasteiger partial charge in [-0.05, 0) is 38.0 Å². The summed E-state index contributed by atoms with van der Waals surface area (Å²) >= 11 is 0. The molecule has 90 valence electrons. The lowest BCUT2D eigenvalue weighted by atomic mass is 10.1. The molecule has 4 heteroatoms. The van der Waals surface area contributed by atoms with Gasteiger partial charge in [-0.2, -0.15) is 0 Å². The maximum absolute atomic E-state index is 4.13. The molecule has 1 N–H and O–H groups in total. The normalized spacial score (nSPS) is 10.6. The van der Waals surface area contributed by atoms with Crippen LogP contribution in [0.5, 0.6) is 0 Å². The van der Waals surface area contributed by atoms with Gasteiger partial charge in [-0.3, -0.25) is 0 Å². The minimum Gasteiger partial charge on any atom is -0.378 e. The molecule has 0 aliphatic rings. The number of benzene rings is 1. The summed E-state index contributed by atoms with van der Waals surface area (Å²) in [6.07, 6.45) is 0. The van der Waals surface area contributed by atoms with Crippen LogP contribution in [-0.2, 0) is 13.6 Å². The summed E-state index contributed by atoms with van der Waals surface area (Å²) in [4.78, 5) is 0. The zero-order chi connectivity index (χ0) is 12.4. The largest absolute Gasteiger partial charge is 0.378 e. The van der Waals surface area contributed by atoms with Gasteiger partial charge in [0.25, 0.3) is 0 Å². The lowest BCUT2D eigenvalue weighted by molar-refractivity contribution is 0.789. The Kier molecular flexibility index (Phi) is 3.13. The molecule has 2 aromatic rings. The summed E-state index contributed by atoms with van der Waals surface area (Å²) in [5.41, 5.74) is 3.66. The van der Waals surface area contributed by atoms with Crippen molar-refractivity contribution in [2.45, 2.75) is 27.3 Å². The number of hydrogen-bond acceptors (Lipinski definition) is 3. The molecule has 0 radical (unpaired) electrons. The molecule has 0 aliphatic carbocycles. The molecule has 0 saturated carbocycles. The van der Waals surface area contributed by atoms with Crippen molar-refractivity contribution in [3.05, 3.63) is 41.0 Å². The minimum absolute atomic E-state index is 0.696. The van der Waals surface area contributed by atoms with Crippen molar-refractivity contribution in [2.24, 2.45) is 7.05 Å². The fraction of sp³-hybridized carbons (Fsp3) is 0.385. The second kappa shape index (κ2) is 4.57. The minimum atomic E-state index is 0.696. The first-order chi connectivity index (χ1) is 8.08. The van der Waals surface area contributed by atoms with E-state index in [0.29, 0.717) is 6.54 Å². The highest BCUT2D eigenvalue weighted by atomic mass is 15.3. The fourth-order valence-corrected chi connectivity index (χ4v) is 1.71. The Balaban J connectivity index is 2.12. The van der Waals surface area contributed by atoms with E-state index in [1.165, 1.54) is 11.1 Å².